The first-order chi connectivity index (χ1) is 13.1. The molecule has 0 saturated carbocycles. The highest BCUT2D eigenvalue weighted by molar-refractivity contribution is 7.16. The van der Waals surface area contributed by atoms with E-state index in [1.165, 1.54) is 16.2 Å². The molecule has 1 atom stereocenters. The average Bonchev–Trinajstić information content (AvgIpc) is 3.22. The van der Waals surface area contributed by atoms with Gasteiger partial charge in [0.2, 0.25) is 11.8 Å². The van der Waals surface area contributed by atoms with E-state index in [0.29, 0.717) is 22.1 Å². The predicted octanol–water partition coefficient (Wildman–Crippen LogP) is 4.14. The normalized spacial score (nSPS) is 18.9. The van der Waals surface area contributed by atoms with Crippen LogP contribution in [0.1, 0.15) is 35.3 Å². The van der Waals surface area contributed by atoms with Crippen LogP contribution in [0.25, 0.3) is 0 Å². The van der Waals surface area contributed by atoms with Gasteiger partial charge < -0.3 is 10.2 Å². The number of thiophene rings is 1. The van der Waals surface area contributed by atoms with E-state index in [1.54, 1.807) is 29.2 Å². The van der Waals surface area contributed by atoms with Crippen molar-refractivity contribution < 1.29 is 9.59 Å². The van der Waals surface area contributed by atoms with Crippen molar-refractivity contribution in [3.05, 3.63) is 45.3 Å². The molecule has 138 valence electrons. The summed E-state index contributed by atoms with van der Waals surface area (Å²) >= 11 is 7.41. The van der Waals surface area contributed by atoms with Gasteiger partial charge in [0.15, 0.2) is 0 Å². The molecule has 5 nitrogen and oxygen atoms in total. The van der Waals surface area contributed by atoms with Crippen LogP contribution in [0, 0.1) is 17.2 Å². The summed E-state index contributed by atoms with van der Waals surface area (Å²) in [5.41, 5.74) is 2.43. The minimum atomic E-state index is -0.432. The second kappa shape index (κ2) is 7.34. The van der Waals surface area contributed by atoms with Gasteiger partial charge in [-0.3, -0.25) is 9.59 Å². The zero-order valence-electron chi connectivity index (χ0n) is 14.6. The van der Waals surface area contributed by atoms with Gasteiger partial charge in [-0.25, -0.2) is 0 Å². The maximum atomic E-state index is 12.8. The fourth-order valence-electron chi connectivity index (χ4n) is 3.74. The van der Waals surface area contributed by atoms with E-state index in [4.69, 9.17) is 11.6 Å². The molecule has 0 bridgehead atoms. The number of benzene rings is 1. The lowest BCUT2D eigenvalue weighted by Gasteiger charge is -2.16. The fraction of sp³-hybridized carbons (Fsp3) is 0.350. The van der Waals surface area contributed by atoms with Crippen molar-refractivity contribution in [2.75, 3.05) is 16.8 Å². The highest BCUT2D eigenvalue weighted by Crippen LogP contribution is 2.38. The molecule has 4 rings (SSSR count). The maximum absolute atomic E-state index is 12.8. The number of rotatable bonds is 3. The van der Waals surface area contributed by atoms with Crippen LogP contribution in [0.4, 0.5) is 10.7 Å². The Balaban J connectivity index is 1.50. The summed E-state index contributed by atoms with van der Waals surface area (Å²) in [5, 5.41) is 13.7. The fourth-order valence-corrected chi connectivity index (χ4v) is 5.11. The first-order valence-corrected chi connectivity index (χ1v) is 10.2. The topological polar surface area (TPSA) is 73.2 Å². The van der Waals surface area contributed by atoms with Crippen LogP contribution in [0.2, 0.25) is 5.02 Å². The van der Waals surface area contributed by atoms with E-state index < -0.39 is 5.92 Å². The van der Waals surface area contributed by atoms with E-state index >= 15 is 0 Å². The molecule has 2 aromatic rings. The van der Waals surface area contributed by atoms with Crippen molar-refractivity contribution >= 4 is 45.4 Å². The molecular formula is C20H18ClN3O2S. The third kappa shape index (κ3) is 3.45. The van der Waals surface area contributed by atoms with E-state index in [-0.39, 0.29) is 18.2 Å². The van der Waals surface area contributed by atoms with Gasteiger partial charge in [-0.1, -0.05) is 11.6 Å². The molecule has 0 spiro atoms. The molecule has 1 aromatic carbocycles. The summed E-state index contributed by atoms with van der Waals surface area (Å²) in [6, 6.07) is 9.27. The molecule has 2 aliphatic rings. The quantitative estimate of drug-likeness (QED) is 0.842. The number of amides is 2. The molecule has 1 aliphatic carbocycles. The van der Waals surface area contributed by atoms with E-state index in [0.717, 1.165) is 36.9 Å². The van der Waals surface area contributed by atoms with Gasteiger partial charge in [0.25, 0.3) is 0 Å². The molecule has 0 unspecified atom stereocenters. The summed E-state index contributed by atoms with van der Waals surface area (Å²) in [6.45, 7) is 0.333. The second-order valence-electron chi connectivity index (χ2n) is 6.90. The average molecular weight is 400 g/mol. The molecule has 1 aromatic heterocycles. The maximum Gasteiger partial charge on any atom is 0.230 e. The van der Waals surface area contributed by atoms with Gasteiger partial charge in [-0.2, -0.15) is 5.26 Å². The molecule has 27 heavy (non-hydrogen) atoms. The molecule has 0 radical (unpaired) electrons. The number of aryl methyl sites for hydroxylation is 1. The van der Waals surface area contributed by atoms with Crippen LogP contribution in [0.5, 0.6) is 0 Å². The van der Waals surface area contributed by atoms with Crippen molar-refractivity contribution in [3.8, 4) is 6.07 Å². The number of anilines is 2. The van der Waals surface area contributed by atoms with Crippen LogP contribution >= 0.6 is 22.9 Å². The summed E-state index contributed by atoms with van der Waals surface area (Å²) in [6.07, 6.45) is 4.24. The number of carbonyl (C=O) groups excluding carboxylic acids is 2. The molecule has 2 heterocycles. The lowest BCUT2D eigenvalue weighted by molar-refractivity contribution is -0.122. The first kappa shape index (κ1) is 18.0. The predicted molar refractivity (Wildman–Crippen MR) is 106 cm³/mol. The highest BCUT2D eigenvalue weighted by Gasteiger charge is 2.36. The summed E-state index contributed by atoms with van der Waals surface area (Å²) in [4.78, 5) is 28.0. The summed E-state index contributed by atoms with van der Waals surface area (Å²) < 4.78 is 0. The minimum absolute atomic E-state index is 0.0801. The van der Waals surface area contributed by atoms with Crippen LogP contribution in [-0.4, -0.2) is 18.4 Å². The lowest BCUT2D eigenvalue weighted by atomic mass is 9.96. The Morgan fingerprint density at radius 2 is 2.00 bits per heavy atom. The van der Waals surface area contributed by atoms with Crippen molar-refractivity contribution in [1.82, 2.24) is 0 Å². The zero-order valence-corrected chi connectivity index (χ0v) is 16.2. The molecule has 7 heteroatoms. The standard InChI is InChI=1S/C20H18ClN3O2S/c21-13-5-7-14(8-6-13)24-11-12(9-18(24)25)19(26)23-20-16(10-22)15-3-1-2-4-17(15)27-20/h5-8,12H,1-4,9,11H2,(H,23,26)/t12-/m0/s1. The molecule has 1 fully saturated rings. The number of hydrogen-bond donors (Lipinski definition) is 1. The van der Waals surface area contributed by atoms with Crippen molar-refractivity contribution in [2.24, 2.45) is 5.92 Å². The number of halogens is 1. The van der Waals surface area contributed by atoms with Crippen molar-refractivity contribution in [2.45, 2.75) is 32.1 Å². The number of hydrogen-bond acceptors (Lipinski definition) is 4. The Labute approximate surface area is 166 Å². The van der Waals surface area contributed by atoms with Crippen molar-refractivity contribution in [1.29, 1.82) is 5.26 Å². The third-order valence-corrected chi connectivity index (χ3v) is 6.61. The monoisotopic (exact) mass is 399 g/mol. The Kier molecular flexibility index (Phi) is 4.90. The van der Waals surface area contributed by atoms with Gasteiger partial charge in [0.1, 0.15) is 11.1 Å². The molecule has 1 aliphatic heterocycles. The molecule has 1 N–H and O–H groups in total. The Hall–Kier alpha value is -2.36. The number of nitriles is 1. The van der Waals surface area contributed by atoms with Crippen LogP contribution in [-0.2, 0) is 22.4 Å². The Morgan fingerprint density at radius 3 is 2.74 bits per heavy atom. The molecular weight excluding hydrogens is 382 g/mol. The van der Waals surface area contributed by atoms with Gasteiger partial charge in [-0.15, -0.1) is 11.3 Å². The molecule has 2 amide bonds. The molecule has 1 saturated heterocycles. The third-order valence-electron chi connectivity index (χ3n) is 5.15. The number of nitrogens with one attached hydrogen (secondary N) is 1. The second-order valence-corrected chi connectivity index (χ2v) is 8.44. The van der Waals surface area contributed by atoms with Crippen molar-refractivity contribution in [3.63, 3.8) is 0 Å². The largest absolute Gasteiger partial charge is 0.316 e. The SMILES string of the molecule is N#Cc1c(NC(=O)[C@H]2CC(=O)N(c3ccc(Cl)cc3)C2)sc2c1CCCC2. The van der Waals surface area contributed by atoms with Gasteiger partial charge in [0, 0.05) is 28.6 Å². The first-order valence-electron chi connectivity index (χ1n) is 8.98. The number of fused-ring (bicyclic) bond motifs is 1. The highest BCUT2D eigenvalue weighted by atomic mass is 35.5. The van der Waals surface area contributed by atoms with Crippen LogP contribution in [0.15, 0.2) is 24.3 Å². The number of carbonyl (C=O) groups is 2. The van der Waals surface area contributed by atoms with E-state index in [9.17, 15) is 14.9 Å². The van der Waals surface area contributed by atoms with E-state index in [2.05, 4.69) is 11.4 Å². The summed E-state index contributed by atoms with van der Waals surface area (Å²) in [7, 11) is 0. The van der Waals surface area contributed by atoms with Gasteiger partial charge >= 0.3 is 0 Å². The Bertz CT molecular complexity index is 945. The van der Waals surface area contributed by atoms with Gasteiger partial charge in [-0.05, 0) is 55.5 Å². The lowest BCUT2D eigenvalue weighted by Crippen LogP contribution is -2.28. The number of nitrogens with zero attached hydrogens (tertiary/aromatic N) is 2. The minimum Gasteiger partial charge on any atom is -0.316 e. The smallest absolute Gasteiger partial charge is 0.230 e. The van der Waals surface area contributed by atoms with Crippen LogP contribution < -0.4 is 10.2 Å². The van der Waals surface area contributed by atoms with E-state index in [1.807, 2.05) is 0 Å². The zero-order chi connectivity index (χ0) is 19.0. The van der Waals surface area contributed by atoms with Crippen LogP contribution in [0.3, 0.4) is 0 Å². The Morgan fingerprint density at radius 1 is 1.26 bits per heavy atom. The summed E-state index contributed by atoms with van der Waals surface area (Å²) in [5.74, 6) is -0.711. The van der Waals surface area contributed by atoms with Gasteiger partial charge in [0.05, 0.1) is 11.5 Å².